The van der Waals surface area contributed by atoms with Crippen LogP contribution in [0.3, 0.4) is 0 Å². The molecule has 2 aromatic rings. The molecule has 96 valence electrons. The van der Waals surface area contributed by atoms with Crippen molar-refractivity contribution in [3.8, 4) is 0 Å². The van der Waals surface area contributed by atoms with Crippen molar-refractivity contribution in [2.45, 2.75) is 19.4 Å². The molecule has 0 bridgehead atoms. The molecule has 0 saturated carbocycles. The number of hydrogen-bond acceptors (Lipinski definition) is 2. The van der Waals surface area contributed by atoms with Gasteiger partial charge in [-0.05, 0) is 57.4 Å². The van der Waals surface area contributed by atoms with Crippen LogP contribution >= 0.6 is 27.3 Å². The molecule has 2 rings (SSSR count). The molecule has 0 aliphatic carbocycles. The number of thiophene rings is 1. The lowest BCUT2D eigenvalue weighted by Crippen LogP contribution is -2.23. The Labute approximate surface area is 119 Å². The molecule has 1 aromatic heterocycles. The molecule has 1 aromatic carbocycles. The third-order valence-corrected chi connectivity index (χ3v) is 4.17. The van der Waals surface area contributed by atoms with E-state index in [0.29, 0.717) is 4.47 Å². The van der Waals surface area contributed by atoms with Gasteiger partial charge in [0.05, 0.1) is 4.47 Å². The highest BCUT2D eigenvalue weighted by Gasteiger charge is 2.17. The molecule has 1 N–H and O–H groups in total. The molecule has 18 heavy (non-hydrogen) atoms. The van der Waals surface area contributed by atoms with Crippen LogP contribution in [0.2, 0.25) is 0 Å². The zero-order valence-corrected chi connectivity index (χ0v) is 12.5. The Kier molecular flexibility index (Phi) is 4.92. The molecule has 1 nitrogen and oxygen atoms in total. The molecule has 0 radical (unpaired) electrons. The summed E-state index contributed by atoms with van der Waals surface area (Å²) in [6.45, 7) is 2.86. The maximum atomic E-state index is 14.1. The predicted molar refractivity (Wildman–Crippen MR) is 78.5 cm³/mol. The van der Waals surface area contributed by atoms with Gasteiger partial charge in [-0.3, -0.25) is 0 Å². The lowest BCUT2D eigenvalue weighted by molar-refractivity contribution is 0.508. The van der Waals surface area contributed by atoms with Crippen LogP contribution in [0.25, 0.3) is 0 Å². The van der Waals surface area contributed by atoms with Gasteiger partial charge in [0.1, 0.15) is 5.82 Å². The Bertz CT molecular complexity index is 499. The van der Waals surface area contributed by atoms with Gasteiger partial charge in [0.2, 0.25) is 0 Å². The van der Waals surface area contributed by atoms with E-state index >= 15 is 0 Å². The summed E-state index contributed by atoms with van der Waals surface area (Å²) >= 11 is 4.91. The minimum Gasteiger partial charge on any atom is -0.310 e. The van der Waals surface area contributed by atoms with E-state index in [-0.39, 0.29) is 11.9 Å². The van der Waals surface area contributed by atoms with Crippen LogP contribution in [0.4, 0.5) is 4.39 Å². The standard InChI is InChI=1S/C14H15BrFNS/c1-2-17-13(8-10-6-7-18-9-10)11-4-3-5-12(15)14(11)16/h3-7,9,13,17H,2,8H2,1H3. The van der Waals surface area contributed by atoms with Gasteiger partial charge >= 0.3 is 0 Å². The summed E-state index contributed by atoms with van der Waals surface area (Å²) in [5.41, 5.74) is 1.96. The van der Waals surface area contributed by atoms with Gasteiger partial charge < -0.3 is 5.32 Å². The second-order valence-corrected chi connectivity index (χ2v) is 5.72. The van der Waals surface area contributed by atoms with E-state index in [1.807, 2.05) is 19.1 Å². The molecule has 0 saturated heterocycles. The van der Waals surface area contributed by atoms with E-state index in [1.165, 1.54) is 5.56 Å². The molecule has 1 unspecified atom stereocenters. The lowest BCUT2D eigenvalue weighted by Gasteiger charge is -2.19. The minimum absolute atomic E-state index is 0.0158. The van der Waals surface area contributed by atoms with Gasteiger partial charge in [-0.25, -0.2) is 4.39 Å². The Balaban J connectivity index is 2.26. The van der Waals surface area contributed by atoms with Crippen molar-refractivity contribution in [1.82, 2.24) is 5.32 Å². The first kappa shape index (κ1) is 13.7. The fourth-order valence-electron chi connectivity index (χ4n) is 1.97. The second-order valence-electron chi connectivity index (χ2n) is 4.09. The highest BCUT2D eigenvalue weighted by Crippen LogP contribution is 2.26. The Morgan fingerprint density at radius 1 is 1.39 bits per heavy atom. The Morgan fingerprint density at radius 3 is 2.89 bits per heavy atom. The van der Waals surface area contributed by atoms with Gasteiger partial charge in [0.15, 0.2) is 0 Å². The summed E-state index contributed by atoms with van der Waals surface area (Å²) < 4.78 is 14.6. The van der Waals surface area contributed by atoms with Crippen molar-refractivity contribution in [3.63, 3.8) is 0 Å². The molecule has 0 fully saturated rings. The molecule has 1 heterocycles. The van der Waals surface area contributed by atoms with E-state index in [0.717, 1.165) is 18.5 Å². The molecule has 0 amide bonds. The van der Waals surface area contributed by atoms with E-state index in [2.05, 4.69) is 38.1 Å². The van der Waals surface area contributed by atoms with E-state index < -0.39 is 0 Å². The molecule has 1 atom stereocenters. The van der Waals surface area contributed by atoms with Crippen LogP contribution in [-0.4, -0.2) is 6.54 Å². The van der Waals surface area contributed by atoms with Crippen LogP contribution in [-0.2, 0) is 6.42 Å². The number of rotatable bonds is 5. The van der Waals surface area contributed by atoms with Crippen molar-refractivity contribution in [2.24, 2.45) is 0 Å². The van der Waals surface area contributed by atoms with Crippen molar-refractivity contribution in [1.29, 1.82) is 0 Å². The van der Waals surface area contributed by atoms with Gasteiger partial charge in [-0.2, -0.15) is 11.3 Å². The van der Waals surface area contributed by atoms with Gasteiger partial charge in [0, 0.05) is 11.6 Å². The highest BCUT2D eigenvalue weighted by atomic mass is 79.9. The summed E-state index contributed by atoms with van der Waals surface area (Å²) in [4.78, 5) is 0. The average molecular weight is 328 g/mol. The maximum absolute atomic E-state index is 14.1. The number of nitrogens with one attached hydrogen (secondary N) is 1. The van der Waals surface area contributed by atoms with Gasteiger partial charge in [-0.15, -0.1) is 0 Å². The van der Waals surface area contributed by atoms with E-state index in [4.69, 9.17) is 0 Å². The summed E-state index contributed by atoms with van der Waals surface area (Å²) in [7, 11) is 0. The van der Waals surface area contributed by atoms with Crippen LogP contribution in [0.1, 0.15) is 24.1 Å². The highest BCUT2D eigenvalue weighted by molar-refractivity contribution is 9.10. The monoisotopic (exact) mass is 327 g/mol. The largest absolute Gasteiger partial charge is 0.310 e. The van der Waals surface area contributed by atoms with E-state index in [1.54, 1.807) is 17.4 Å². The summed E-state index contributed by atoms with van der Waals surface area (Å²) in [6.07, 6.45) is 0.810. The van der Waals surface area contributed by atoms with Gasteiger partial charge in [0.25, 0.3) is 0 Å². The fourth-order valence-corrected chi connectivity index (χ4v) is 3.04. The first-order valence-corrected chi connectivity index (χ1v) is 7.64. The zero-order valence-electron chi connectivity index (χ0n) is 10.1. The van der Waals surface area contributed by atoms with Crippen LogP contribution in [0, 0.1) is 5.82 Å². The summed E-state index contributed by atoms with van der Waals surface area (Å²) in [5.74, 6) is -0.168. The van der Waals surface area contributed by atoms with Crippen molar-refractivity contribution in [3.05, 3.63) is 56.4 Å². The van der Waals surface area contributed by atoms with Crippen molar-refractivity contribution < 1.29 is 4.39 Å². The Morgan fingerprint density at radius 2 is 2.22 bits per heavy atom. The normalized spacial score (nSPS) is 12.6. The van der Waals surface area contributed by atoms with Crippen LogP contribution in [0.15, 0.2) is 39.5 Å². The predicted octanol–water partition coefficient (Wildman–Crippen LogP) is 4.54. The lowest BCUT2D eigenvalue weighted by atomic mass is 10.00. The SMILES string of the molecule is CCNC(Cc1ccsc1)c1cccc(Br)c1F. The first-order valence-electron chi connectivity index (χ1n) is 5.90. The third kappa shape index (κ3) is 3.19. The number of halogens is 2. The zero-order chi connectivity index (χ0) is 13.0. The summed E-state index contributed by atoms with van der Waals surface area (Å²) in [5, 5.41) is 7.51. The molecule has 0 aliphatic rings. The number of hydrogen-bond donors (Lipinski definition) is 1. The first-order chi connectivity index (χ1) is 8.72. The molecule has 0 aliphatic heterocycles. The maximum Gasteiger partial charge on any atom is 0.142 e. The molecular formula is C14H15BrFNS. The molecule has 4 heteroatoms. The van der Waals surface area contributed by atoms with Crippen molar-refractivity contribution in [2.75, 3.05) is 6.54 Å². The van der Waals surface area contributed by atoms with E-state index in [9.17, 15) is 4.39 Å². The van der Waals surface area contributed by atoms with Crippen LogP contribution in [0.5, 0.6) is 0 Å². The molecule has 0 spiro atoms. The van der Waals surface area contributed by atoms with Crippen LogP contribution < -0.4 is 5.32 Å². The quantitative estimate of drug-likeness (QED) is 0.849. The van der Waals surface area contributed by atoms with Gasteiger partial charge in [-0.1, -0.05) is 19.1 Å². The minimum atomic E-state index is -0.168. The second kappa shape index (κ2) is 6.45. The fraction of sp³-hybridized carbons (Fsp3) is 0.286. The van der Waals surface area contributed by atoms with Crippen molar-refractivity contribution >= 4 is 27.3 Å². The topological polar surface area (TPSA) is 12.0 Å². The Hall–Kier alpha value is -0.710. The molecular weight excluding hydrogens is 313 g/mol. The smallest absolute Gasteiger partial charge is 0.142 e. The number of likely N-dealkylation sites (N-methyl/N-ethyl adjacent to an activating group) is 1. The average Bonchev–Trinajstić information content (AvgIpc) is 2.85. The number of benzene rings is 1. The summed E-state index contributed by atoms with van der Waals surface area (Å²) in [6, 6.07) is 7.56. The third-order valence-electron chi connectivity index (χ3n) is 2.83.